The van der Waals surface area contributed by atoms with Gasteiger partial charge in [-0.2, -0.15) is 0 Å². The first-order chi connectivity index (χ1) is 7.70. The van der Waals surface area contributed by atoms with E-state index in [0.29, 0.717) is 5.01 Å². The molecule has 0 amide bonds. The van der Waals surface area contributed by atoms with Gasteiger partial charge in [-0.15, -0.1) is 11.3 Å². The van der Waals surface area contributed by atoms with Gasteiger partial charge in [-0.1, -0.05) is 12.1 Å². The molecule has 0 spiro atoms. The van der Waals surface area contributed by atoms with Gasteiger partial charge >= 0.3 is 35.5 Å². The number of aromatic nitrogens is 1. The molecule has 2 aromatic rings. The van der Waals surface area contributed by atoms with Gasteiger partial charge < -0.3 is 9.84 Å². The van der Waals surface area contributed by atoms with Crippen molar-refractivity contribution in [2.24, 2.45) is 0 Å². The number of thiazole rings is 1. The predicted octanol–water partition coefficient (Wildman–Crippen LogP) is -0.538. The zero-order chi connectivity index (χ0) is 11.5. The fourth-order valence-electron chi connectivity index (χ4n) is 1.46. The van der Waals surface area contributed by atoms with E-state index >= 15 is 0 Å². The smallest absolute Gasteiger partial charge is 0.481 e. The molecule has 17 heavy (non-hydrogen) atoms. The Morgan fingerprint density at radius 1 is 1.53 bits per heavy atom. The Balaban J connectivity index is 0.00000144. The third-order valence-electron chi connectivity index (χ3n) is 2.23. The number of carboxylic acid groups (broad SMARTS) is 1. The van der Waals surface area contributed by atoms with Crippen LogP contribution in [0.1, 0.15) is 17.5 Å². The predicted molar refractivity (Wildman–Crippen MR) is 61.6 cm³/mol. The van der Waals surface area contributed by atoms with E-state index in [1.165, 1.54) is 18.4 Å². The molecule has 0 bridgehead atoms. The van der Waals surface area contributed by atoms with Gasteiger partial charge in [0.1, 0.15) is 11.1 Å². The van der Waals surface area contributed by atoms with Crippen LogP contribution in [-0.4, -0.2) is 23.2 Å². The zero-order valence-corrected chi connectivity index (χ0v) is 12.5. The maximum atomic E-state index is 10.7. The number of hydrogen-bond donors (Lipinski definition) is 1. The van der Waals surface area contributed by atoms with Crippen LogP contribution in [0.5, 0.6) is 0 Å². The summed E-state index contributed by atoms with van der Waals surface area (Å²) in [5, 5.41) is 9.46. The molecule has 1 N–H and O–H groups in total. The van der Waals surface area contributed by atoms with Crippen LogP contribution in [0.4, 0.5) is 0 Å². The van der Waals surface area contributed by atoms with E-state index in [-0.39, 0.29) is 36.0 Å². The summed E-state index contributed by atoms with van der Waals surface area (Å²) in [4.78, 5) is 15.0. The molecule has 1 heterocycles. The minimum absolute atomic E-state index is 0. The zero-order valence-electron chi connectivity index (χ0n) is 9.71. The number of hydrogen-bond acceptors (Lipinski definition) is 4. The molecule has 0 radical (unpaired) electrons. The Morgan fingerprint density at radius 3 is 2.82 bits per heavy atom. The van der Waals surface area contributed by atoms with E-state index in [0.717, 1.165) is 10.2 Å². The summed E-state index contributed by atoms with van der Waals surface area (Å²) < 4.78 is 6.19. The molecule has 0 aliphatic rings. The molecule has 1 aromatic heterocycles. The molecule has 1 atom stereocenters. The number of aliphatic carboxylic acids is 1. The standard InChI is InChI=1S/C11H11NO3S.Na/c1-15-8(6-10(13)14)11-12-7-4-2-3-5-9(7)16-11;/h2-5,8H,6H2,1H3,(H,13,14);/q;+1. The second-order valence-electron chi connectivity index (χ2n) is 3.34. The van der Waals surface area contributed by atoms with Crippen molar-refractivity contribution in [2.75, 3.05) is 7.11 Å². The number of carbonyl (C=O) groups is 1. The summed E-state index contributed by atoms with van der Waals surface area (Å²) in [6.07, 6.45) is -0.522. The SMILES string of the molecule is COC(CC(=O)O)c1nc2ccccc2s1.[Na+]. The van der Waals surface area contributed by atoms with Crippen LogP contribution in [0.25, 0.3) is 10.2 Å². The largest absolute Gasteiger partial charge is 1.00 e. The summed E-state index contributed by atoms with van der Waals surface area (Å²) in [7, 11) is 1.50. The van der Waals surface area contributed by atoms with Crippen molar-refractivity contribution in [3.05, 3.63) is 29.3 Å². The van der Waals surface area contributed by atoms with Gasteiger partial charge in [-0.25, -0.2) is 4.98 Å². The van der Waals surface area contributed by atoms with Crippen LogP contribution >= 0.6 is 11.3 Å². The number of fused-ring (bicyclic) bond motifs is 1. The van der Waals surface area contributed by atoms with Gasteiger partial charge in [-0.05, 0) is 12.1 Å². The topological polar surface area (TPSA) is 59.4 Å². The third-order valence-corrected chi connectivity index (χ3v) is 3.36. The van der Waals surface area contributed by atoms with E-state index < -0.39 is 12.1 Å². The summed E-state index contributed by atoms with van der Waals surface area (Å²) in [5.41, 5.74) is 0.884. The van der Waals surface area contributed by atoms with Crippen molar-refractivity contribution in [1.29, 1.82) is 0 Å². The average Bonchev–Trinajstić information content (AvgIpc) is 2.68. The minimum atomic E-state index is -0.883. The van der Waals surface area contributed by atoms with Gasteiger partial charge in [0, 0.05) is 7.11 Å². The first-order valence-electron chi connectivity index (χ1n) is 4.80. The van der Waals surface area contributed by atoms with E-state index in [4.69, 9.17) is 9.84 Å². The first-order valence-corrected chi connectivity index (χ1v) is 5.62. The summed E-state index contributed by atoms with van der Waals surface area (Å²) in [5.74, 6) is -0.883. The van der Waals surface area contributed by atoms with Gasteiger partial charge in [0.15, 0.2) is 0 Å². The van der Waals surface area contributed by atoms with Crippen LogP contribution < -0.4 is 29.6 Å². The quantitative estimate of drug-likeness (QED) is 0.750. The van der Waals surface area contributed by atoms with Gasteiger partial charge in [0.25, 0.3) is 0 Å². The Hall–Kier alpha value is -0.460. The maximum absolute atomic E-state index is 10.7. The third kappa shape index (κ3) is 3.50. The van der Waals surface area contributed by atoms with E-state index in [9.17, 15) is 4.79 Å². The average molecular weight is 260 g/mol. The fraction of sp³-hybridized carbons (Fsp3) is 0.273. The Bertz CT molecular complexity index is 481. The van der Waals surface area contributed by atoms with Crippen LogP contribution in [0.15, 0.2) is 24.3 Å². The van der Waals surface area contributed by atoms with Crippen LogP contribution in [0.3, 0.4) is 0 Å². The molecule has 2 rings (SSSR count). The van der Waals surface area contributed by atoms with Crippen LogP contribution in [0, 0.1) is 0 Å². The molecule has 6 heteroatoms. The summed E-state index contributed by atoms with van der Waals surface area (Å²) in [6.45, 7) is 0. The van der Waals surface area contributed by atoms with Gasteiger partial charge in [0.2, 0.25) is 0 Å². The number of para-hydroxylation sites is 1. The van der Waals surface area contributed by atoms with Crippen molar-refractivity contribution in [3.8, 4) is 0 Å². The molecular formula is C11H11NNaO3S+. The van der Waals surface area contributed by atoms with Crippen LogP contribution in [0.2, 0.25) is 0 Å². The number of nitrogens with zero attached hydrogens (tertiary/aromatic N) is 1. The Kier molecular flexibility index (Phi) is 5.55. The molecule has 4 nitrogen and oxygen atoms in total. The molecular weight excluding hydrogens is 249 g/mol. The molecule has 1 unspecified atom stereocenters. The van der Waals surface area contributed by atoms with Crippen molar-refractivity contribution < 1.29 is 44.2 Å². The molecule has 0 aliphatic carbocycles. The number of rotatable bonds is 4. The first kappa shape index (κ1) is 14.6. The molecule has 1 aromatic carbocycles. The molecule has 84 valence electrons. The second kappa shape index (κ2) is 6.47. The second-order valence-corrected chi connectivity index (χ2v) is 4.40. The normalized spacial score (nSPS) is 12.1. The number of ether oxygens (including phenoxy) is 1. The van der Waals surface area contributed by atoms with Crippen molar-refractivity contribution >= 4 is 27.5 Å². The van der Waals surface area contributed by atoms with Gasteiger partial charge in [-0.3, -0.25) is 4.79 Å². The maximum Gasteiger partial charge on any atom is 1.00 e. The van der Waals surface area contributed by atoms with Crippen molar-refractivity contribution in [3.63, 3.8) is 0 Å². The van der Waals surface area contributed by atoms with E-state index in [1.54, 1.807) is 0 Å². The number of methoxy groups -OCH3 is 1. The minimum Gasteiger partial charge on any atom is -0.481 e. The molecule has 0 fully saturated rings. The molecule has 0 aliphatic heterocycles. The van der Waals surface area contributed by atoms with E-state index in [1.807, 2.05) is 24.3 Å². The molecule has 0 saturated carbocycles. The van der Waals surface area contributed by atoms with Crippen molar-refractivity contribution in [2.45, 2.75) is 12.5 Å². The van der Waals surface area contributed by atoms with E-state index in [2.05, 4.69) is 4.98 Å². The fourth-order valence-corrected chi connectivity index (χ4v) is 2.50. The summed E-state index contributed by atoms with van der Waals surface area (Å²) >= 11 is 1.47. The number of benzene rings is 1. The van der Waals surface area contributed by atoms with Gasteiger partial charge in [0.05, 0.1) is 16.6 Å². The number of carboxylic acids is 1. The monoisotopic (exact) mass is 260 g/mol. The van der Waals surface area contributed by atoms with Crippen molar-refractivity contribution in [1.82, 2.24) is 4.98 Å². The Labute approximate surface area is 125 Å². The summed E-state index contributed by atoms with van der Waals surface area (Å²) in [6, 6.07) is 7.71. The Morgan fingerprint density at radius 2 is 2.24 bits per heavy atom. The molecule has 0 saturated heterocycles. The van der Waals surface area contributed by atoms with Crippen LogP contribution in [-0.2, 0) is 9.53 Å².